The van der Waals surface area contributed by atoms with Crippen molar-refractivity contribution in [1.82, 2.24) is 9.80 Å². The maximum atomic E-state index is 12.9. The topological polar surface area (TPSA) is 32.8 Å². The first kappa shape index (κ1) is 22.1. The van der Waals surface area contributed by atoms with E-state index in [-0.39, 0.29) is 11.9 Å². The van der Waals surface area contributed by atoms with E-state index in [4.69, 9.17) is 4.74 Å². The predicted octanol–water partition coefficient (Wildman–Crippen LogP) is 4.79. The molecule has 3 aromatic carbocycles. The van der Waals surface area contributed by atoms with Crippen LogP contribution in [-0.2, 0) is 11.2 Å². The van der Waals surface area contributed by atoms with Gasteiger partial charge in [-0.15, -0.1) is 0 Å². The highest BCUT2D eigenvalue weighted by molar-refractivity contribution is 5.79. The van der Waals surface area contributed by atoms with E-state index in [2.05, 4.69) is 67.3 Å². The zero-order valence-electron chi connectivity index (χ0n) is 19.3. The first-order valence-corrected chi connectivity index (χ1v) is 11.3. The smallest absolute Gasteiger partial charge is 0.227 e. The Labute approximate surface area is 191 Å². The molecule has 0 saturated carbocycles. The highest BCUT2D eigenvalue weighted by Crippen LogP contribution is 2.32. The molecule has 0 unspecified atom stereocenters. The second-order valence-electron chi connectivity index (χ2n) is 8.61. The Morgan fingerprint density at radius 3 is 2.25 bits per heavy atom. The van der Waals surface area contributed by atoms with Gasteiger partial charge in [0.25, 0.3) is 0 Å². The third-order valence-electron chi connectivity index (χ3n) is 6.39. The number of hydrogen-bond donors (Lipinski definition) is 0. The Bertz CT molecular complexity index is 1040. The number of carbonyl (C=O) groups is 1. The number of amides is 1. The van der Waals surface area contributed by atoms with E-state index in [0.29, 0.717) is 6.42 Å². The number of carbonyl (C=O) groups excluding carboxylic acids is 1. The zero-order valence-corrected chi connectivity index (χ0v) is 19.3. The Morgan fingerprint density at radius 2 is 1.59 bits per heavy atom. The van der Waals surface area contributed by atoms with Gasteiger partial charge in [0.15, 0.2) is 0 Å². The van der Waals surface area contributed by atoms with Crippen LogP contribution in [-0.4, -0.2) is 49.0 Å². The lowest BCUT2D eigenvalue weighted by atomic mass is 9.92. The largest absolute Gasteiger partial charge is 0.497 e. The van der Waals surface area contributed by atoms with Gasteiger partial charge in [-0.2, -0.15) is 0 Å². The van der Waals surface area contributed by atoms with Crippen molar-refractivity contribution in [2.45, 2.75) is 26.3 Å². The summed E-state index contributed by atoms with van der Waals surface area (Å²) in [5.74, 6) is 1.01. The van der Waals surface area contributed by atoms with Gasteiger partial charge in [-0.3, -0.25) is 9.69 Å². The van der Waals surface area contributed by atoms with E-state index in [1.807, 2.05) is 29.2 Å². The van der Waals surface area contributed by atoms with Crippen molar-refractivity contribution in [3.8, 4) is 5.75 Å². The van der Waals surface area contributed by atoms with Crippen LogP contribution in [0.2, 0.25) is 0 Å². The van der Waals surface area contributed by atoms with Crippen LogP contribution >= 0.6 is 0 Å². The fraction of sp³-hybridized carbons (Fsp3) is 0.321. The number of aryl methyl sites for hydroxylation is 2. The molecule has 0 radical (unpaired) electrons. The summed E-state index contributed by atoms with van der Waals surface area (Å²) >= 11 is 0. The standard InChI is InChI=1S/C28H32N2O2/c1-21-9-10-22(2)26(19-21)28(24-7-5-4-6-8-24)30-17-15-29(16-18-30)27(31)20-23-11-13-25(32-3)14-12-23/h4-14,19,28H,15-18,20H2,1-3H3/t28-/m0/s1. The normalized spacial score (nSPS) is 15.4. The Hall–Kier alpha value is -3.11. The third kappa shape index (κ3) is 5.03. The van der Waals surface area contributed by atoms with Gasteiger partial charge in [0.2, 0.25) is 5.91 Å². The van der Waals surface area contributed by atoms with Crippen molar-refractivity contribution >= 4 is 5.91 Å². The van der Waals surface area contributed by atoms with Gasteiger partial charge in [0.05, 0.1) is 19.6 Å². The number of rotatable bonds is 6. The van der Waals surface area contributed by atoms with Crippen molar-refractivity contribution in [1.29, 1.82) is 0 Å². The van der Waals surface area contributed by atoms with Gasteiger partial charge in [0, 0.05) is 26.2 Å². The number of nitrogens with zero attached hydrogens (tertiary/aromatic N) is 2. The molecule has 1 atom stereocenters. The van der Waals surface area contributed by atoms with Crippen molar-refractivity contribution in [3.05, 3.63) is 101 Å². The maximum absolute atomic E-state index is 12.9. The van der Waals surface area contributed by atoms with Crippen LogP contribution in [0, 0.1) is 13.8 Å². The van der Waals surface area contributed by atoms with E-state index >= 15 is 0 Å². The molecule has 4 heteroatoms. The molecule has 0 spiro atoms. The van der Waals surface area contributed by atoms with E-state index in [1.165, 1.54) is 22.3 Å². The highest BCUT2D eigenvalue weighted by Gasteiger charge is 2.29. The molecule has 1 saturated heterocycles. The summed E-state index contributed by atoms with van der Waals surface area (Å²) in [4.78, 5) is 17.4. The van der Waals surface area contributed by atoms with E-state index in [9.17, 15) is 4.79 Å². The summed E-state index contributed by atoms with van der Waals surface area (Å²) in [6.07, 6.45) is 0.434. The molecule has 4 rings (SSSR count). The summed E-state index contributed by atoms with van der Waals surface area (Å²) in [6, 6.07) is 25.4. The lowest BCUT2D eigenvalue weighted by Gasteiger charge is -2.40. The highest BCUT2D eigenvalue weighted by atomic mass is 16.5. The molecule has 0 aromatic heterocycles. The van der Waals surface area contributed by atoms with Crippen molar-refractivity contribution in [3.63, 3.8) is 0 Å². The molecule has 1 amide bonds. The monoisotopic (exact) mass is 428 g/mol. The Morgan fingerprint density at radius 1 is 0.906 bits per heavy atom. The minimum absolute atomic E-state index is 0.192. The molecule has 0 N–H and O–H groups in total. The van der Waals surface area contributed by atoms with Gasteiger partial charge in [-0.05, 0) is 48.2 Å². The lowest BCUT2D eigenvalue weighted by Crippen LogP contribution is -2.50. The van der Waals surface area contributed by atoms with Crippen LogP contribution in [0.1, 0.15) is 33.9 Å². The zero-order chi connectivity index (χ0) is 22.5. The SMILES string of the molecule is COc1ccc(CC(=O)N2CCN([C@@H](c3ccccc3)c3cc(C)ccc3C)CC2)cc1. The van der Waals surface area contributed by atoms with E-state index < -0.39 is 0 Å². The molecule has 32 heavy (non-hydrogen) atoms. The first-order chi connectivity index (χ1) is 15.5. The molecule has 166 valence electrons. The van der Waals surface area contributed by atoms with Crippen LogP contribution in [0.5, 0.6) is 5.75 Å². The molecule has 1 aliphatic rings. The fourth-order valence-electron chi connectivity index (χ4n) is 4.54. The summed E-state index contributed by atoms with van der Waals surface area (Å²) in [5, 5.41) is 0. The molecule has 1 heterocycles. The fourth-order valence-corrected chi connectivity index (χ4v) is 4.54. The average Bonchev–Trinajstić information content (AvgIpc) is 2.83. The molecular weight excluding hydrogens is 396 g/mol. The van der Waals surface area contributed by atoms with Crippen molar-refractivity contribution in [2.75, 3.05) is 33.3 Å². The van der Waals surface area contributed by atoms with E-state index in [0.717, 1.165) is 37.5 Å². The van der Waals surface area contributed by atoms with Gasteiger partial charge >= 0.3 is 0 Å². The van der Waals surface area contributed by atoms with Crippen LogP contribution in [0.25, 0.3) is 0 Å². The summed E-state index contributed by atoms with van der Waals surface area (Å²) in [5.41, 5.74) is 6.27. The average molecular weight is 429 g/mol. The third-order valence-corrected chi connectivity index (χ3v) is 6.39. The summed E-state index contributed by atoms with van der Waals surface area (Å²) < 4.78 is 5.21. The number of methoxy groups -OCH3 is 1. The Kier molecular flexibility index (Phi) is 6.91. The lowest BCUT2D eigenvalue weighted by molar-refractivity contribution is -0.132. The van der Waals surface area contributed by atoms with E-state index in [1.54, 1.807) is 7.11 Å². The molecular formula is C28H32N2O2. The van der Waals surface area contributed by atoms with Crippen molar-refractivity contribution in [2.24, 2.45) is 0 Å². The number of hydrogen-bond acceptors (Lipinski definition) is 3. The molecule has 1 aliphatic heterocycles. The molecule has 4 nitrogen and oxygen atoms in total. The minimum atomic E-state index is 0.192. The first-order valence-electron chi connectivity index (χ1n) is 11.3. The van der Waals surface area contributed by atoms with Crippen LogP contribution in [0.3, 0.4) is 0 Å². The quantitative estimate of drug-likeness (QED) is 0.566. The van der Waals surface area contributed by atoms with Crippen LogP contribution in [0.15, 0.2) is 72.8 Å². The predicted molar refractivity (Wildman–Crippen MR) is 129 cm³/mol. The maximum Gasteiger partial charge on any atom is 0.227 e. The van der Waals surface area contributed by atoms with Gasteiger partial charge < -0.3 is 9.64 Å². The number of ether oxygens (including phenoxy) is 1. The minimum Gasteiger partial charge on any atom is -0.497 e. The van der Waals surface area contributed by atoms with Crippen LogP contribution < -0.4 is 4.74 Å². The molecule has 1 fully saturated rings. The molecule has 0 bridgehead atoms. The van der Waals surface area contributed by atoms with Crippen LogP contribution in [0.4, 0.5) is 0 Å². The van der Waals surface area contributed by atoms with Gasteiger partial charge in [-0.25, -0.2) is 0 Å². The van der Waals surface area contributed by atoms with Crippen molar-refractivity contribution < 1.29 is 9.53 Å². The number of benzene rings is 3. The van der Waals surface area contributed by atoms with Gasteiger partial charge in [0.1, 0.15) is 5.75 Å². The molecule has 3 aromatic rings. The summed E-state index contributed by atoms with van der Waals surface area (Å²) in [7, 11) is 1.65. The molecule has 0 aliphatic carbocycles. The Balaban J connectivity index is 1.47. The second-order valence-corrected chi connectivity index (χ2v) is 8.61. The second kappa shape index (κ2) is 10.0. The number of piperazine rings is 1. The summed E-state index contributed by atoms with van der Waals surface area (Å²) in [6.45, 7) is 7.58. The van der Waals surface area contributed by atoms with Gasteiger partial charge in [-0.1, -0.05) is 66.2 Å².